The van der Waals surface area contributed by atoms with Crippen LogP contribution in [0.5, 0.6) is 0 Å². The fourth-order valence-electron chi connectivity index (χ4n) is 3.71. The van der Waals surface area contributed by atoms with Gasteiger partial charge >= 0.3 is 0 Å². The zero-order chi connectivity index (χ0) is 25.6. The molecule has 0 radical (unpaired) electrons. The molecule has 7 nitrogen and oxygen atoms in total. The number of nitrogens with one attached hydrogen (secondary N) is 3. The van der Waals surface area contributed by atoms with Crippen LogP contribution in [-0.2, 0) is 16.4 Å². The quantitative estimate of drug-likeness (QED) is 0.388. The van der Waals surface area contributed by atoms with E-state index in [9.17, 15) is 18.0 Å². The van der Waals surface area contributed by atoms with Gasteiger partial charge in [0.15, 0.2) is 0 Å². The van der Waals surface area contributed by atoms with Gasteiger partial charge in [0, 0.05) is 29.5 Å². The molecule has 8 heteroatoms. The number of benzene rings is 3. The first-order valence-electron chi connectivity index (χ1n) is 11.5. The zero-order valence-corrected chi connectivity index (χ0v) is 21.3. The molecule has 0 saturated heterocycles. The second-order valence-corrected chi connectivity index (χ2v) is 10.0. The Hall–Kier alpha value is -3.65. The van der Waals surface area contributed by atoms with Crippen LogP contribution in [-0.4, -0.2) is 27.3 Å². The van der Waals surface area contributed by atoms with Crippen LogP contribution in [0.1, 0.15) is 57.2 Å². The summed E-state index contributed by atoms with van der Waals surface area (Å²) in [5.74, 6) is -0.731. The van der Waals surface area contributed by atoms with E-state index < -0.39 is 15.9 Å². The minimum atomic E-state index is -3.92. The first kappa shape index (κ1) is 26.0. The van der Waals surface area contributed by atoms with Crippen LogP contribution in [0.2, 0.25) is 0 Å². The first-order valence-corrected chi connectivity index (χ1v) is 13.0. The van der Waals surface area contributed by atoms with Crippen molar-refractivity contribution < 1.29 is 18.0 Å². The number of amides is 2. The van der Waals surface area contributed by atoms with Gasteiger partial charge in [0.2, 0.25) is 0 Å². The molecular weight excluding hydrogens is 462 g/mol. The predicted molar refractivity (Wildman–Crippen MR) is 140 cm³/mol. The number of rotatable bonds is 9. The summed E-state index contributed by atoms with van der Waals surface area (Å²) in [6.45, 7) is 5.55. The van der Waals surface area contributed by atoms with E-state index in [4.69, 9.17) is 0 Å². The van der Waals surface area contributed by atoms with Crippen molar-refractivity contribution in [2.24, 2.45) is 0 Å². The second kappa shape index (κ2) is 11.2. The molecular formula is C27H31N3O4S. The lowest BCUT2D eigenvalue weighted by Crippen LogP contribution is -2.20. The SMILES string of the molecule is CCCCc1ccc(NS(=O)(=O)c2cc(C(=O)Nc3cccc(C(=O)NC)c3C)ccc2C)cc1. The van der Waals surface area contributed by atoms with Crippen molar-refractivity contribution in [1.29, 1.82) is 0 Å². The van der Waals surface area contributed by atoms with Crippen LogP contribution >= 0.6 is 0 Å². The van der Waals surface area contributed by atoms with Crippen molar-refractivity contribution in [2.75, 3.05) is 17.1 Å². The molecule has 3 aromatic rings. The highest BCUT2D eigenvalue weighted by atomic mass is 32.2. The van der Waals surface area contributed by atoms with Crippen molar-refractivity contribution in [1.82, 2.24) is 5.32 Å². The van der Waals surface area contributed by atoms with Crippen LogP contribution < -0.4 is 15.4 Å². The molecule has 0 aliphatic carbocycles. The third kappa shape index (κ3) is 6.27. The number of hydrogen-bond donors (Lipinski definition) is 3. The summed E-state index contributed by atoms with van der Waals surface area (Å²) in [4.78, 5) is 25.0. The molecule has 0 aromatic heterocycles. The molecule has 3 aromatic carbocycles. The lowest BCUT2D eigenvalue weighted by molar-refractivity contribution is 0.0960. The molecule has 3 rings (SSSR count). The van der Waals surface area contributed by atoms with Crippen molar-refractivity contribution >= 4 is 33.2 Å². The van der Waals surface area contributed by atoms with Gasteiger partial charge < -0.3 is 10.6 Å². The molecule has 0 bridgehead atoms. The average Bonchev–Trinajstić information content (AvgIpc) is 2.84. The summed E-state index contributed by atoms with van der Waals surface area (Å²) in [5.41, 5.74) is 3.86. The Bertz CT molecular complexity index is 1330. The van der Waals surface area contributed by atoms with Gasteiger partial charge in [-0.1, -0.05) is 37.6 Å². The summed E-state index contributed by atoms with van der Waals surface area (Å²) in [6, 6.07) is 16.9. The molecule has 2 amide bonds. The van der Waals surface area contributed by atoms with Crippen molar-refractivity contribution in [3.8, 4) is 0 Å². The van der Waals surface area contributed by atoms with Crippen LogP contribution in [0.15, 0.2) is 65.6 Å². The number of hydrogen-bond acceptors (Lipinski definition) is 4. The second-order valence-electron chi connectivity index (χ2n) is 8.40. The molecule has 3 N–H and O–H groups in total. The third-order valence-electron chi connectivity index (χ3n) is 5.82. The summed E-state index contributed by atoms with van der Waals surface area (Å²) < 4.78 is 28.9. The van der Waals surface area contributed by atoms with E-state index in [1.165, 1.54) is 13.1 Å². The summed E-state index contributed by atoms with van der Waals surface area (Å²) in [7, 11) is -2.38. The summed E-state index contributed by atoms with van der Waals surface area (Å²) in [5, 5.41) is 5.35. The first-order chi connectivity index (χ1) is 16.7. The van der Waals surface area contributed by atoms with Crippen molar-refractivity contribution in [3.63, 3.8) is 0 Å². The molecule has 0 fully saturated rings. The lowest BCUT2D eigenvalue weighted by Gasteiger charge is -2.14. The van der Waals surface area contributed by atoms with E-state index >= 15 is 0 Å². The fourth-order valence-corrected chi connectivity index (χ4v) is 5.04. The van der Waals surface area contributed by atoms with Crippen molar-refractivity contribution in [3.05, 3.63) is 88.5 Å². The molecule has 35 heavy (non-hydrogen) atoms. The lowest BCUT2D eigenvalue weighted by atomic mass is 10.1. The Balaban J connectivity index is 1.83. The van der Waals surface area contributed by atoms with Crippen LogP contribution in [0.25, 0.3) is 0 Å². The normalized spacial score (nSPS) is 11.1. The third-order valence-corrected chi connectivity index (χ3v) is 7.34. The summed E-state index contributed by atoms with van der Waals surface area (Å²) in [6.07, 6.45) is 3.12. The van der Waals surface area contributed by atoms with Gasteiger partial charge in [-0.2, -0.15) is 0 Å². The number of anilines is 2. The van der Waals surface area contributed by atoms with E-state index in [1.807, 2.05) is 12.1 Å². The van der Waals surface area contributed by atoms with Crippen molar-refractivity contribution in [2.45, 2.75) is 44.9 Å². The maximum atomic E-state index is 13.1. The van der Waals surface area contributed by atoms with E-state index in [0.29, 0.717) is 28.1 Å². The molecule has 184 valence electrons. The Labute approximate surface area is 207 Å². The average molecular weight is 494 g/mol. The fraction of sp³-hybridized carbons (Fsp3) is 0.259. The number of unbranched alkanes of at least 4 members (excludes halogenated alkanes) is 1. The maximum Gasteiger partial charge on any atom is 0.262 e. The Kier molecular flexibility index (Phi) is 8.30. The monoisotopic (exact) mass is 493 g/mol. The van der Waals surface area contributed by atoms with E-state index in [-0.39, 0.29) is 16.4 Å². The van der Waals surface area contributed by atoms with Gasteiger partial charge in [0.05, 0.1) is 4.90 Å². The molecule has 0 saturated carbocycles. The number of sulfonamides is 1. The van der Waals surface area contributed by atoms with Crippen LogP contribution in [0.4, 0.5) is 11.4 Å². The van der Waals surface area contributed by atoms with E-state index in [2.05, 4.69) is 22.3 Å². The highest BCUT2D eigenvalue weighted by Crippen LogP contribution is 2.24. The molecule has 0 atom stereocenters. The smallest absolute Gasteiger partial charge is 0.262 e. The maximum absolute atomic E-state index is 13.1. The highest BCUT2D eigenvalue weighted by Gasteiger charge is 2.20. The van der Waals surface area contributed by atoms with Gasteiger partial charge in [0.25, 0.3) is 21.8 Å². The van der Waals surface area contributed by atoms with Crippen LogP contribution in [0.3, 0.4) is 0 Å². The molecule has 0 heterocycles. The zero-order valence-electron chi connectivity index (χ0n) is 20.4. The number of carbonyl (C=O) groups excluding carboxylic acids is 2. The highest BCUT2D eigenvalue weighted by molar-refractivity contribution is 7.92. The molecule has 0 aliphatic heterocycles. The molecule has 0 spiro atoms. The molecule has 0 aliphatic rings. The van der Waals surface area contributed by atoms with Gasteiger partial charge in [-0.15, -0.1) is 0 Å². The Morgan fingerprint density at radius 3 is 2.29 bits per heavy atom. The van der Waals surface area contributed by atoms with Gasteiger partial charge in [-0.3, -0.25) is 14.3 Å². The minimum absolute atomic E-state index is 0.0241. The molecule has 0 unspecified atom stereocenters. The Morgan fingerprint density at radius 2 is 1.63 bits per heavy atom. The van der Waals surface area contributed by atoms with Crippen LogP contribution in [0, 0.1) is 13.8 Å². The summed E-state index contributed by atoms with van der Waals surface area (Å²) >= 11 is 0. The van der Waals surface area contributed by atoms with E-state index in [1.54, 1.807) is 56.3 Å². The standard InChI is InChI=1S/C27H31N3O4S/c1-5-6-8-20-12-15-22(16-13-20)30-35(33,34)25-17-21(14-11-18(25)2)26(31)29-24-10-7-9-23(19(24)3)27(32)28-4/h7,9-17,30H,5-6,8H2,1-4H3,(H,28,32)(H,29,31). The Morgan fingerprint density at radius 1 is 0.914 bits per heavy atom. The van der Waals surface area contributed by atoms with E-state index in [0.717, 1.165) is 24.8 Å². The number of aryl methyl sites for hydroxylation is 2. The van der Waals surface area contributed by atoms with Gasteiger partial charge in [0.1, 0.15) is 0 Å². The van der Waals surface area contributed by atoms with Gasteiger partial charge in [-0.05, 0) is 79.8 Å². The minimum Gasteiger partial charge on any atom is -0.355 e. The topological polar surface area (TPSA) is 104 Å². The largest absolute Gasteiger partial charge is 0.355 e. The predicted octanol–water partition coefficient (Wildman–Crippen LogP) is 5.06. The number of carbonyl (C=O) groups is 2. The van der Waals surface area contributed by atoms with Gasteiger partial charge in [-0.25, -0.2) is 8.42 Å².